The summed E-state index contributed by atoms with van der Waals surface area (Å²) in [5, 5.41) is 2.15. The van der Waals surface area contributed by atoms with Crippen LogP contribution in [0.5, 0.6) is 0 Å². The molecule has 1 aliphatic carbocycles. The summed E-state index contributed by atoms with van der Waals surface area (Å²) in [7, 11) is 0. The fourth-order valence-corrected chi connectivity index (χ4v) is 8.21. The van der Waals surface area contributed by atoms with Crippen LogP contribution in [-0.4, -0.2) is 19.5 Å². The molecular formula is C48H36N4. The quantitative estimate of drug-likeness (QED) is 0.171. The van der Waals surface area contributed by atoms with Gasteiger partial charge in [0.25, 0.3) is 0 Å². The van der Waals surface area contributed by atoms with E-state index in [4.69, 9.17) is 15.0 Å². The Morgan fingerprint density at radius 2 is 1.12 bits per heavy atom. The summed E-state index contributed by atoms with van der Waals surface area (Å²) in [4.78, 5) is 15.4. The summed E-state index contributed by atoms with van der Waals surface area (Å²) < 4.78 is 2.26. The molecule has 0 radical (unpaired) electrons. The number of rotatable bonds is 5. The lowest BCUT2D eigenvalue weighted by atomic mass is 9.81. The van der Waals surface area contributed by atoms with Crippen LogP contribution in [0, 0.1) is 0 Å². The van der Waals surface area contributed by atoms with Crippen molar-refractivity contribution in [3.63, 3.8) is 0 Å². The Bertz CT molecular complexity index is 2860. The van der Waals surface area contributed by atoms with Crippen molar-refractivity contribution in [3.8, 4) is 50.5 Å². The molecule has 0 aliphatic heterocycles. The van der Waals surface area contributed by atoms with E-state index < -0.39 is 0 Å². The smallest absolute Gasteiger partial charge is 0.114 e. The fraction of sp³-hybridized carbons (Fsp3) is 0.104. The molecule has 0 bridgehead atoms. The third-order valence-electron chi connectivity index (χ3n) is 11.0. The minimum absolute atomic E-state index is 0.0398. The van der Waals surface area contributed by atoms with Crippen molar-refractivity contribution >= 4 is 32.8 Å². The second kappa shape index (κ2) is 11.6. The highest BCUT2D eigenvalue weighted by atomic mass is 15.1. The molecule has 4 nitrogen and oxygen atoms in total. The second-order valence-electron chi connectivity index (χ2n) is 14.4. The van der Waals surface area contributed by atoms with E-state index in [2.05, 4.69) is 171 Å². The molecule has 9 aromatic rings. The monoisotopic (exact) mass is 668 g/mol. The van der Waals surface area contributed by atoms with Crippen LogP contribution in [0.3, 0.4) is 0 Å². The molecule has 0 amide bonds. The first-order valence-corrected chi connectivity index (χ1v) is 18.1. The van der Waals surface area contributed by atoms with Gasteiger partial charge in [0.2, 0.25) is 0 Å². The van der Waals surface area contributed by atoms with Crippen LogP contribution in [0.1, 0.15) is 37.7 Å². The molecule has 3 heterocycles. The van der Waals surface area contributed by atoms with Crippen molar-refractivity contribution in [3.05, 3.63) is 169 Å². The molecule has 10 rings (SSSR count). The number of aromatic nitrogens is 4. The minimum atomic E-state index is -0.0398. The first-order valence-electron chi connectivity index (χ1n) is 18.1. The van der Waals surface area contributed by atoms with Gasteiger partial charge in [-0.3, -0.25) is 4.57 Å². The molecule has 0 spiro atoms. The maximum atomic E-state index is 5.27. The number of aryl methyl sites for hydroxylation is 1. The molecule has 4 heteroatoms. The second-order valence-corrected chi connectivity index (χ2v) is 14.4. The lowest BCUT2D eigenvalue weighted by Crippen LogP contribution is -2.14. The van der Waals surface area contributed by atoms with Gasteiger partial charge in [-0.2, -0.15) is 0 Å². The summed E-state index contributed by atoms with van der Waals surface area (Å²) in [5.74, 6) is 1.05. The van der Waals surface area contributed by atoms with E-state index in [-0.39, 0.29) is 5.41 Å². The fourth-order valence-electron chi connectivity index (χ4n) is 8.21. The summed E-state index contributed by atoms with van der Waals surface area (Å²) in [6.07, 6.45) is 0.858. The lowest BCUT2D eigenvalue weighted by molar-refractivity contribution is 0.660. The standard InChI is InChI=1S/C48H36N4/c1-4-45-49-43-14-7-8-15-44(43)52(45)36-23-18-30(19-24-36)41-26-21-31-16-17-32-22-27-42(51-47(32)46(31)50-41)35-11-9-10-33(28-35)34-20-25-38-37-12-5-6-13-39(37)48(2,3)40(38)29-34/h5-29H,4H2,1-3H3. The highest BCUT2D eigenvalue weighted by molar-refractivity contribution is 6.04. The first-order chi connectivity index (χ1) is 25.5. The van der Waals surface area contributed by atoms with Gasteiger partial charge in [0.15, 0.2) is 0 Å². The molecule has 3 aromatic heterocycles. The Labute approximate surface area is 303 Å². The maximum Gasteiger partial charge on any atom is 0.114 e. The Balaban J connectivity index is 1.01. The average molecular weight is 669 g/mol. The Hall–Kier alpha value is -6.39. The van der Waals surface area contributed by atoms with Gasteiger partial charge in [0, 0.05) is 39.4 Å². The zero-order valence-electron chi connectivity index (χ0n) is 29.4. The van der Waals surface area contributed by atoms with E-state index in [1.54, 1.807) is 0 Å². The van der Waals surface area contributed by atoms with Crippen LogP contribution in [0.2, 0.25) is 0 Å². The minimum Gasteiger partial charge on any atom is -0.296 e. The lowest BCUT2D eigenvalue weighted by Gasteiger charge is -2.22. The van der Waals surface area contributed by atoms with Crippen LogP contribution in [-0.2, 0) is 11.8 Å². The van der Waals surface area contributed by atoms with Gasteiger partial charge in [0.1, 0.15) is 5.82 Å². The Kier molecular flexibility index (Phi) is 6.78. The molecule has 248 valence electrons. The van der Waals surface area contributed by atoms with Crippen LogP contribution < -0.4 is 0 Å². The molecule has 0 unspecified atom stereocenters. The molecule has 0 atom stereocenters. The molecule has 6 aromatic carbocycles. The highest BCUT2D eigenvalue weighted by Gasteiger charge is 2.35. The van der Waals surface area contributed by atoms with Crippen LogP contribution in [0.25, 0.3) is 83.3 Å². The van der Waals surface area contributed by atoms with E-state index in [1.807, 2.05) is 6.07 Å². The number of pyridine rings is 2. The van der Waals surface area contributed by atoms with E-state index in [9.17, 15) is 0 Å². The predicted molar refractivity (Wildman–Crippen MR) is 215 cm³/mol. The summed E-state index contributed by atoms with van der Waals surface area (Å²) >= 11 is 0. The molecule has 0 fully saturated rings. The van der Waals surface area contributed by atoms with Crippen molar-refractivity contribution in [1.29, 1.82) is 0 Å². The Morgan fingerprint density at radius 1 is 0.500 bits per heavy atom. The number of imidazole rings is 1. The van der Waals surface area contributed by atoms with Crippen LogP contribution in [0.15, 0.2) is 152 Å². The average Bonchev–Trinajstić information content (AvgIpc) is 3.69. The van der Waals surface area contributed by atoms with Crippen molar-refractivity contribution in [2.24, 2.45) is 0 Å². The predicted octanol–water partition coefficient (Wildman–Crippen LogP) is 12.0. The molecule has 1 aliphatic rings. The van der Waals surface area contributed by atoms with Gasteiger partial charge in [-0.15, -0.1) is 0 Å². The maximum absolute atomic E-state index is 5.27. The summed E-state index contributed by atoms with van der Waals surface area (Å²) in [6.45, 7) is 6.82. The number of hydrogen-bond acceptors (Lipinski definition) is 3. The van der Waals surface area contributed by atoms with Gasteiger partial charge in [-0.1, -0.05) is 124 Å². The normalized spacial score (nSPS) is 13.1. The van der Waals surface area contributed by atoms with Crippen molar-refractivity contribution < 1.29 is 0 Å². The largest absolute Gasteiger partial charge is 0.296 e. The van der Waals surface area contributed by atoms with Crippen molar-refractivity contribution in [1.82, 2.24) is 19.5 Å². The van der Waals surface area contributed by atoms with Crippen molar-refractivity contribution in [2.45, 2.75) is 32.6 Å². The number of fused-ring (bicyclic) bond motifs is 7. The third kappa shape index (κ3) is 4.71. The number of nitrogens with zero attached hydrogens (tertiary/aromatic N) is 4. The molecule has 0 saturated heterocycles. The molecular weight excluding hydrogens is 633 g/mol. The molecule has 52 heavy (non-hydrogen) atoms. The summed E-state index contributed by atoms with van der Waals surface area (Å²) in [6, 6.07) is 54.3. The third-order valence-corrected chi connectivity index (χ3v) is 11.0. The zero-order valence-corrected chi connectivity index (χ0v) is 29.4. The number of para-hydroxylation sites is 2. The van der Waals surface area contributed by atoms with E-state index in [1.165, 1.54) is 33.4 Å². The van der Waals surface area contributed by atoms with Gasteiger partial charge in [0.05, 0.1) is 33.5 Å². The van der Waals surface area contributed by atoms with E-state index in [0.717, 1.165) is 73.3 Å². The first kappa shape index (κ1) is 30.4. The SMILES string of the molecule is CCc1nc2ccccc2n1-c1ccc(-c2ccc3ccc4ccc(-c5cccc(-c6ccc7c(c6)C(C)(C)c6ccccc6-7)c5)nc4c3n2)cc1. The van der Waals surface area contributed by atoms with Crippen molar-refractivity contribution in [2.75, 3.05) is 0 Å². The zero-order chi connectivity index (χ0) is 35.0. The highest BCUT2D eigenvalue weighted by Crippen LogP contribution is 2.49. The molecule has 0 N–H and O–H groups in total. The van der Waals surface area contributed by atoms with Gasteiger partial charge >= 0.3 is 0 Å². The number of benzene rings is 6. The van der Waals surface area contributed by atoms with Crippen LogP contribution >= 0.6 is 0 Å². The van der Waals surface area contributed by atoms with E-state index in [0.29, 0.717) is 0 Å². The Morgan fingerprint density at radius 3 is 1.88 bits per heavy atom. The van der Waals surface area contributed by atoms with Gasteiger partial charge < -0.3 is 0 Å². The van der Waals surface area contributed by atoms with Gasteiger partial charge in [-0.25, -0.2) is 15.0 Å². The van der Waals surface area contributed by atoms with Crippen LogP contribution in [0.4, 0.5) is 0 Å². The summed E-state index contributed by atoms with van der Waals surface area (Å²) in [5.41, 5.74) is 16.9. The molecule has 0 saturated carbocycles. The van der Waals surface area contributed by atoms with E-state index >= 15 is 0 Å². The topological polar surface area (TPSA) is 43.6 Å². The van der Waals surface area contributed by atoms with Gasteiger partial charge in [-0.05, 0) is 81.9 Å². The number of hydrogen-bond donors (Lipinski definition) is 0.